The molecule has 0 radical (unpaired) electrons. The highest BCUT2D eigenvalue weighted by molar-refractivity contribution is 6.08. The first kappa shape index (κ1) is 25.3. The first-order valence-corrected chi connectivity index (χ1v) is 13.2. The number of nitrogens with zero attached hydrogens (tertiary/aromatic N) is 1. The van der Waals surface area contributed by atoms with Crippen molar-refractivity contribution in [3.63, 3.8) is 0 Å². The summed E-state index contributed by atoms with van der Waals surface area (Å²) < 4.78 is 2.28. The molecule has 0 amide bonds. The van der Waals surface area contributed by atoms with Crippen LogP contribution in [0.3, 0.4) is 0 Å². The summed E-state index contributed by atoms with van der Waals surface area (Å²) in [6, 6.07) is 30.8. The molecule has 2 nitrogen and oxygen atoms in total. The van der Waals surface area contributed by atoms with E-state index in [9.17, 15) is 0 Å². The zero-order valence-corrected chi connectivity index (χ0v) is 22.5. The zero-order valence-electron chi connectivity index (χ0n) is 22.5. The summed E-state index contributed by atoms with van der Waals surface area (Å²) in [6.45, 7) is 10.4. The number of fused-ring (bicyclic) bond motifs is 6. The Balaban J connectivity index is 0.000000337. The molecule has 36 heavy (non-hydrogen) atoms. The minimum Gasteiger partial charge on any atom is -0.355 e. The number of benzene rings is 4. The molecule has 0 atom stereocenters. The summed E-state index contributed by atoms with van der Waals surface area (Å²) in [5, 5.41) is 5.25. The van der Waals surface area contributed by atoms with Crippen LogP contribution in [0.25, 0.3) is 43.6 Å². The number of hydrogen-bond acceptors (Lipinski definition) is 0. The lowest BCUT2D eigenvalue weighted by Gasteiger charge is -2.04. The zero-order chi connectivity index (χ0) is 25.7. The van der Waals surface area contributed by atoms with Crippen molar-refractivity contribution in [2.45, 2.75) is 47.5 Å². The molecule has 0 aliphatic carbocycles. The lowest BCUT2D eigenvalue weighted by molar-refractivity contribution is 1.01. The Kier molecular flexibility index (Phi) is 7.95. The Labute approximate surface area is 215 Å². The fourth-order valence-corrected chi connectivity index (χ4v) is 4.78. The van der Waals surface area contributed by atoms with E-state index in [2.05, 4.69) is 128 Å². The molecule has 1 N–H and O–H groups in total. The third kappa shape index (κ3) is 4.95. The predicted octanol–water partition coefficient (Wildman–Crippen LogP) is 9.95. The van der Waals surface area contributed by atoms with E-state index < -0.39 is 0 Å². The van der Waals surface area contributed by atoms with Gasteiger partial charge in [-0.25, -0.2) is 0 Å². The summed E-state index contributed by atoms with van der Waals surface area (Å²) in [5.74, 6) is 0. The van der Waals surface area contributed by atoms with Crippen molar-refractivity contribution in [3.05, 3.63) is 108 Å². The molecule has 0 spiro atoms. The van der Waals surface area contributed by atoms with Gasteiger partial charge in [0.15, 0.2) is 0 Å². The number of aryl methyl sites for hydroxylation is 1. The molecule has 2 heterocycles. The Morgan fingerprint density at radius 3 is 2.06 bits per heavy atom. The maximum absolute atomic E-state index is 3.56. The molecular weight excluding hydrogens is 436 g/mol. The summed E-state index contributed by atoms with van der Waals surface area (Å²) in [7, 11) is 2.15. The SMILES string of the molecule is C/C=C(\C)CC.CC.Cn1c2ccccc2c2cc(Cc3ccc4c(c3)[nH]c3ccccc34)ccc21. The van der Waals surface area contributed by atoms with Crippen molar-refractivity contribution < 1.29 is 0 Å². The highest BCUT2D eigenvalue weighted by atomic mass is 14.9. The minimum absolute atomic E-state index is 0.935. The van der Waals surface area contributed by atoms with Gasteiger partial charge in [0.2, 0.25) is 0 Å². The number of aromatic amines is 1. The molecule has 0 fully saturated rings. The average Bonchev–Trinajstić information content (AvgIpc) is 3.44. The van der Waals surface area contributed by atoms with Crippen LogP contribution in [0.1, 0.15) is 52.2 Å². The van der Waals surface area contributed by atoms with Gasteiger partial charge in [-0.05, 0) is 68.1 Å². The Morgan fingerprint density at radius 1 is 0.722 bits per heavy atom. The second-order valence-electron chi connectivity index (χ2n) is 9.14. The summed E-state index contributed by atoms with van der Waals surface area (Å²) in [6.07, 6.45) is 4.26. The number of H-pyrrole nitrogens is 1. The third-order valence-corrected chi connectivity index (χ3v) is 7.01. The molecule has 0 aliphatic heterocycles. The standard InChI is InChI=1S/C26H20N2.C6H12.C2H6/c1-28-25-9-5-3-7-21(25)22-15-17(11-13-26(22)28)14-18-10-12-20-19-6-2-4-8-23(19)27-24(20)16-18;1-4-6(3)5-2;1-2/h2-13,15-16,27H,14H2,1H3;4H,5H2,1-3H3;1-2H3/b;6-4+;. The molecular formula is C34H38N2. The fraction of sp³-hybridized carbons (Fsp3) is 0.235. The van der Waals surface area contributed by atoms with Gasteiger partial charge in [-0.3, -0.25) is 0 Å². The van der Waals surface area contributed by atoms with Gasteiger partial charge in [-0.15, -0.1) is 0 Å². The minimum atomic E-state index is 0.935. The fourth-order valence-electron chi connectivity index (χ4n) is 4.78. The van der Waals surface area contributed by atoms with Crippen LogP contribution < -0.4 is 0 Å². The van der Waals surface area contributed by atoms with Gasteiger partial charge in [0.1, 0.15) is 0 Å². The van der Waals surface area contributed by atoms with Crippen LogP contribution in [0.5, 0.6) is 0 Å². The van der Waals surface area contributed by atoms with Gasteiger partial charge in [0, 0.05) is 50.7 Å². The monoisotopic (exact) mass is 474 g/mol. The number of hydrogen-bond donors (Lipinski definition) is 1. The van der Waals surface area contributed by atoms with Crippen LogP contribution in [0.4, 0.5) is 0 Å². The van der Waals surface area contributed by atoms with Crippen molar-refractivity contribution in [2.24, 2.45) is 7.05 Å². The molecule has 2 heteroatoms. The van der Waals surface area contributed by atoms with Crippen LogP contribution in [-0.4, -0.2) is 9.55 Å². The van der Waals surface area contributed by atoms with E-state index >= 15 is 0 Å². The van der Waals surface area contributed by atoms with Gasteiger partial charge in [0.25, 0.3) is 0 Å². The van der Waals surface area contributed by atoms with E-state index in [1.807, 2.05) is 13.8 Å². The second kappa shape index (κ2) is 11.3. The van der Waals surface area contributed by atoms with Crippen molar-refractivity contribution in [1.82, 2.24) is 9.55 Å². The molecule has 0 saturated heterocycles. The molecule has 6 rings (SSSR count). The Bertz CT molecular complexity index is 1640. The summed E-state index contributed by atoms with van der Waals surface area (Å²) >= 11 is 0. The molecule has 0 bridgehead atoms. The van der Waals surface area contributed by atoms with E-state index in [1.54, 1.807) is 0 Å². The summed E-state index contributed by atoms with van der Waals surface area (Å²) in [5.41, 5.74) is 9.13. The van der Waals surface area contributed by atoms with Gasteiger partial charge >= 0.3 is 0 Å². The molecule has 0 aliphatic rings. The van der Waals surface area contributed by atoms with E-state index in [0.29, 0.717) is 0 Å². The first-order chi connectivity index (χ1) is 17.6. The molecule has 184 valence electrons. The van der Waals surface area contributed by atoms with Gasteiger partial charge in [-0.1, -0.05) is 87.0 Å². The second-order valence-corrected chi connectivity index (χ2v) is 9.14. The van der Waals surface area contributed by atoms with Crippen LogP contribution in [0, 0.1) is 0 Å². The third-order valence-electron chi connectivity index (χ3n) is 7.01. The van der Waals surface area contributed by atoms with E-state index in [0.717, 1.165) is 6.42 Å². The van der Waals surface area contributed by atoms with Gasteiger partial charge in [0.05, 0.1) is 0 Å². The van der Waals surface area contributed by atoms with Crippen molar-refractivity contribution in [2.75, 3.05) is 0 Å². The number of nitrogens with one attached hydrogen (secondary N) is 1. The highest BCUT2D eigenvalue weighted by Gasteiger charge is 2.09. The van der Waals surface area contributed by atoms with Crippen molar-refractivity contribution in [3.8, 4) is 0 Å². The number of aromatic nitrogens is 2. The molecule has 0 unspecified atom stereocenters. The quantitative estimate of drug-likeness (QED) is 0.246. The normalized spacial score (nSPS) is 11.4. The average molecular weight is 475 g/mol. The highest BCUT2D eigenvalue weighted by Crippen LogP contribution is 2.30. The Hall–Kier alpha value is -3.78. The van der Waals surface area contributed by atoms with Crippen molar-refractivity contribution in [1.29, 1.82) is 0 Å². The molecule has 2 aromatic heterocycles. The number of para-hydroxylation sites is 2. The largest absolute Gasteiger partial charge is 0.355 e. The molecule has 0 saturated carbocycles. The molecule has 4 aromatic carbocycles. The molecule has 6 aromatic rings. The van der Waals surface area contributed by atoms with Gasteiger partial charge < -0.3 is 9.55 Å². The number of rotatable bonds is 3. The van der Waals surface area contributed by atoms with E-state index in [1.165, 1.54) is 66.7 Å². The van der Waals surface area contributed by atoms with Crippen LogP contribution in [0.15, 0.2) is 96.6 Å². The number of allylic oxidation sites excluding steroid dienone is 2. The van der Waals surface area contributed by atoms with E-state index in [4.69, 9.17) is 0 Å². The Morgan fingerprint density at radius 2 is 1.33 bits per heavy atom. The summed E-state index contributed by atoms with van der Waals surface area (Å²) in [4.78, 5) is 3.56. The first-order valence-electron chi connectivity index (χ1n) is 13.2. The van der Waals surface area contributed by atoms with Crippen LogP contribution in [0.2, 0.25) is 0 Å². The smallest absolute Gasteiger partial charge is 0.0488 e. The lowest BCUT2D eigenvalue weighted by Crippen LogP contribution is -1.90. The maximum atomic E-state index is 3.56. The van der Waals surface area contributed by atoms with E-state index in [-0.39, 0.29) is 0 Å². The van der Waals surface area contributed by atoms with Crippen molar-refractivity contribution >= 4 is 43.6 Å². The van der Waals surface area contributed by atoms with Crippen LogP contribution >= 0.6 is 0 Å². The predicted molar refractivity (Wildman–Crippen MR) is 160 cm³/mol. The lowest BCUT2D eigenvalue weighted by atomic mass is 10.0. The van der Waals surface area contributed by atoms with Gasteiger partial charge in [-0.2, -0.15) is 0 Å². The maximum Gasteiger partial charge on any atom is 0.0488 e. The topological polar surface area (TPSA) is 20.7 Å². The van der Waals surface area contributed by atoms with Crippen LogP contribution in [-0.2, 0) is 13.5 Å².